The molecule has 1 aliphatic heterocycles. The SMILES string of the molecule is Cc1cc([C@@H](C)Oc2ccccc2C2(O)CS(=O)(=O)C2)c2nc(-c3cccc(F)c3)c(C)c(=O)n2c1. The van der Waals surface area contributed by atoms with Gasteiger partial charge in [0.25, 0.3) is 5.56 Å². The third-order valence-corrected chi connectivity index (χ3v) is 8.30. The van der Waals surface area contributed by atoms with Crippen molar-refractivity contribution in [2.45, 2.75) is 32.5 Å². The third kappa shape index (κ3) is 4.18. The van der Waals surface area contributed by atoms with Crippen molar-refractivity contribution in [1.29, 1.82) is 0 Å². The fourth-order valence-corrected chi connectivity index (χ4v) is 6.44. The van der Waals surface area contributed by atoms with Gasteiger partial charge in [0.05, 0.1) is 17.2 Å². The second-order valence-electron chi connectivity index (χ2n) is 9.39. The molecular formula is C27H25FN2O5S. The van der Waals surface area contributed by atoms with Crippen molar-refractivity contribution in [3.63, 3.8) is 0 Å². The molecule has 0 amide bonds. The van der Waals surface area contributed by atoms with Gasteiger partial charge in [-0.05, 0) is 50.6 Å². The standard InChI is InChI=1S/C27H25FN2O5S/c1-16-11-21(18(3)35-23-10-5-4-9-22(23)27(32)14-36(33,34)15-27)25-29-24(17(2)26(31)30(25)13-16)19-7-6-8-20(28)12-19/h4-13,18,32H,14-15H2,1-3H3/t18-/m1/s1. The summed E-state index contributed by atoms with van der Waals surface area (Å²) in [5.41, 5.74) is 1.67. The van der Waals surface area contributed by atoms with E-state index in [0.717, 1.165) is 5.56 Å². The van der Waals surface area contributed by atoms with Gasteiger partial charge in [0, 0.05) is 28.5 Å². The lowest BCUT2D eigenvalue weighted by Crippen LogP contribution is -2.52. The van der Waals surface area contributed by atoms with Crippen molar-refractivity contribution < 1.29 is 22.7 Å². The average Bonchev–Trinajstić information content (AvgIpc) is 2.80. The fourth-order valence-electron chi connectivity index (χ4n) is 4.76. The summed E-state index contributed by atoms with van der Waals surface area (Å²) in [5, 5.41) is 10.9. The second-order valence-corrected chi connectivity index (χ2v) is 11.5. The number of fused-ring (bicyclic) bond motifs is 1. The molecule has 1 atom stereocenters. The number of hydrogen-bond donors (Lipinski definition) is 1. The van der Waals surface area contributed by atoms with Crippen LogP contribution in [-0.2, 0) is 15.4 Å². The van der Waals surface area contributed by atoms with Crippen LogP contribution in [0, 0.1) is 19.7 Å². The van der Waals surface area contributed by atoms with Crippen LogP contribution in [0.1, 0.15) is 35.3 Å². The largest absolute Gasteiger partial charge is 0.485 e. The Bertz CT molecular complexity index is 1670. The number of sulfone groups is 1. The molecule has 0 unspecified atom stereocenters. The van der Waals surface area contributed by atoms with Crippen molar-refractivity contribution in [2.75, 3.05) is 11.5 Å². The van der Waals surface area contributed by atoms with Crippen LogP contribution in [0.3, 0.4) is 0 Å². The number of nitrogens with zero attached hydrogens (tertiary/aromatic N) is 2. The molecule has 36 heavy (non-hydrogen) atoms. The van der Waals surface area contributed by atoms with Gasteiger partial charge in [-0.25, -0.2) is 17.8 Å². The number of hydrogen-bond acceptors (Lipinski definition) is 6. The summed E-state index contributed by atoms with van der Waals surface area (Å²) < 4.78 is 45.2. The molecule has 5 rings (SSSR count). The molecule has 2 aromatic carbocycles. The van der Waals surface area contributed by atoms with E-state index in [0.29, 0.717) is 39.3 Å². The molecular weight excluding hydrogens is 483 g/mol. The zero-order valence-electron chi connectivity index (χ0n) is 20.0. The number of benzene rings is 2. The van der Waals surface area contributed by atoms with E-state index in [1.54, 1.807) is 56.4 Å². The van der Waals surface area contributed by atoms with Gasteiger partial charge in [0.15, 0.2) is 9.84 Å². The molecule has 186 valence electrons. The normalized spacial score (nSPS) is 16.9. The van der Waals surface area contributed by atoms with E-state index in [-0.39, 0.29) is 17.1 Å². The number of halogens is 1. The highest BCUT2D eigenvalue weighted by atomic mass is 32.2. The minimum atomic E-state index is -3.29. The molecule has 1 saturated heterocycles. The Morgan fingerprint density at radius 2 is 1.83 bits per heavy atom. The Morgan fingerprint density at radius 3 is 2.53 bits per heavy atom. The summed E-state index contributed by atoms with van der Waals surface area (Å²) in [6.07, 6.45) is 1.08. The van der Waals surface area contributed by atoms with Gasteiger partial charge in [-0.15, -0.1) is 0 Å². The molecule has 7 nitrogen and oxygen atoms in total. The number of aromatic nitrogens is 2. The first-order chi connectivity index (χ1) is 17.0. The highest BCUT2D eigenvalue weighted by Crippen LogP contribution is 2.40. The van der Waals surface area contributed by atoms with Crippen LogP contribution in [0.4, 0.5) is 4.39 Å². The molecule has 3 heterocycles. The van der Waals surface area contributed by atoms with Crippen LogP contribution >= 0.6 is 0 Å². The Balaban J connectivity index is 1.61. The van der Waals surface area contributed by atoms with Gasteiger partial charge in [-0.3, -0.25) is 9.20 Å². The molecule has 2 aromatic heterocycles. The summed E-state index contributed by atoms with van der Waals surface area (Å²) in [4.78, 5) is 18.0. The van der Waals surface area contributed by atoms with Gasteiger partial charge in [0.2, 0.25) is 0 Å². The van der Waals surface area contributed by atoms with E-state index >= 15 is 0 Å². The first kappa shape index (κ1) is 24.1. The topological polar surface area (TPSA) is 98.0 Å². The second kappa shape index (κ2) is 8.53. The van der Waals surface area contributed by atoms with Gasteiger partial charge in [-0.1, -0.05) is 30.3 Å². The number of rotatable bonds is 5. The predicted molar refractivity (Wildman–Crippen MR) is 134 cm³/mol. The minimum Gasteiger partial charge on any atom is -0.485 e. The highest BCUT2D eigenvalue weighted by molar-refractivity contribution is 7.92. The minimum absolute atomic E-state index is 0.272. The smallest absolute Gasteiger partial charge is 0.261 e. The average molecular weight is 509 g/mol. The number of para-hydroxylation sites is 1. The maximum Gasteiger partial charge on any atom is 0.261 e. The fraction of sp³-hybridized carbons (Fsp3) is 0.259. The van der Waals surface area contributed by atoms with Crippen molar-refractivity contribution in [3.05, 3.63) is 99.2 Å². The van der Waals surface area contributed by atoms with Crippen LogP contribution in [0.5, 0.6) is 5.75 Å². The lowest BCUT2D eigenvalue weighted by molar-refractivity contribution is 0.0637. The van der Waals surface area contributed by atoms with Crippen LogP contribution in [0.15, 0.2) is 65.6 Å². The summed E-state index contributed by atoms with van der Waals surface area (Å²) in [6, 6.07) is 14.6. The summed E-state index contributed by atoms with van der Waals surface area (Å²) >= 11 is 0. The van der Waals surface area contributed by atoms with Crippen LogP contribution in [0.2, 0.25) is 0 Å². The first-order valence-corrected chi connectivity index (χ1v) is 13.3. The number of ether oxygens (including phenoxy) is 1. The van der Waals surface area contributed by atoms with E-state index < -0.39 is 27.4 Å². The van der Waals surface area contributed by atoms with E-state index in [1.807, 2.05) is 13.0 Å². The van der Waals surface area contributed by atoms with Crippen molar-refractivity contribution in [3.8, 4) is 17.0 Å². The maximum atomic E-state index is 13.9. The van der Waals surface area contributed by atoms with Crippen LogP contribution in [-0.4, -0.2) is 34.4 Å². The molecule has 1 N–H and O–H groups in total. The Morgan fingerprint density at radius 1 is 1.11 bits per heavy atom. The molecule has 1 aliphatic rings. The molecule has 9 heteroatoms. The molecule has 4 aromatic rings. The van der Waals surface area contributed by atoms with Gasteiger partial charge < -0.3 is 9.84 Å². The van der Waals surface area contributed by atoms with Gasteiger partial charge in [-0.2, -0.15) is 0 Å². The Hall–Kier alpha value is -3.56. The zero-order valence-corrected chi connectivity index (χ0v) is 20.8. The van der Waals surface area contributed by atoms with Crippen molar-refractivity contribution in [1.82, 2.24) is 9.38 Å². The number of aliphatic hydroxyl groups is 1. The number of aryl methyl sites for hydroxylation is 1. The lowest BCUT2D eigenvalue weighted by Gasteiger charge is -2.37. The van der Waals surface area contributed by atoms with Crippen LogP contribution in [0.25, 0.3) is 16.9 Å². The zero-order chi connectivity index (χ0) is 25.8. The monoisotopic (exact) mass is 508 g/mol. The Kier molecular flexibility index (Phi) is 5.72. The maximum absolute atomic E-state index is 13.9. The predicted octanol–water partition coefficient (Wildman–Crippen LogP) is 3.87. The molecule has 0 aliphatic carbocycles. The quantitative estimate of drug-likeness (QED) is 0.440. The summed E-state index contributed by atoms with van der Waals surface area (Å²) in [6.45, 7) is 5.31. The third-order valence-electron chi connectivity index (χ3n) is 6.46. The van der Waals surface area contributed by atoms with E-state index in [9.17, 15) is 22.7 Å². The summed E-state index contributed by atoms with van der Waals surface area (Å²) in [5.74, 6) is -0.811. The molecule has 0 bridgehead atoms. The van der Waals surface area contributed by atoms with E-state index in [2.05, 4.69) is 0 Å². The van der Waals surface area contributed by atoms with E-state index in [1.165, 1.54) is 16.5 Å². The van der Waals surface area contributed by atoms with Crippen molar-refractivity contribution >= 4 is 15.5 Å². The Labute approximate surface area is 207 Å². The molecule has 0 radical (unpaired) electrons. The highest BCUT2D eigenvalue weighted by Gasteiger charge is 2.50. The van der Waals surface area contributed by atoms with Gasteiger partial charge >= 0.3 is 0 Å². The van der Waals surface area contributed by atoms with E-state index in [4.69, 9.17) is 9.72 Å². The molecule has 0 spiro atoms. The number of pyridine rings is 1. The first-order valence-electron chi connectivity index (χ1n) is 11.5. The summed E-state index contributed by atoms with van der Waals surface area (Å²) in [7, 11) is -3.29. The molecule has 1 fully saturated rings. The molecule has 0 saturated carbocycles. The van der Waals surface area contributed by atoms with Crippen molar-refractivity contribution in [2.24, 2.45) is 0 Å². The lowest BCUT2D eigenvalue weighted by atomic mass is 9.96. The van der Waals surface area contributed by atoms with Gasteiger partial charge in [0.1, 0.15) is 28.9 Å². The van der Waals surface area contributed by atoms with Crippen LogP contribution < -0.4 is 10.3 Å².